The minimum Gasteiger partial charge on any atom is -0.156 e. The summed E-state index contributed by atoms with van der Waals surface area (Å²) in [7, 11) is 0. The Morgan fingerprint density at radius 1 is 1.33 bits per heavy atom. The highest BCUT2D eigenvalue weighted by molar-refractivity contribution is 5.21. The van der Waals surface area contributed by atoms with Gasteiger partial charge in [0, 0.05) is 13.1 Å². The van der Waals surface area contributed by atoms with E-state index in [1.165, 1.54) is 25.7 Å². The molecule has 0 aromatic carbocycles. The zero-order chi connectivity index (χ0) is 9.23. The highest BCUT2D eigenvalue weighted by Gasteiger charge is 1.98. The summed E-state index contributed by atoms with van der Waals surface area (Å²) >= 11 is 0. The van der Waals surface area contributed by atoms with Gasteiger partial charge in [-0.15, -0.1) is 15.8 Å². The third kappa shape index (κ3) is 7.50. The van der Waals surface area contributed by atoms with Gasteiger partial charge in [0.15, 0.2) is 0 Å². The third-order valence-electron chi connectivity index (χ3n) is 1.77. The van der Waals surface area contributed by atoms with Crippen molar-refractivity contribution in [2.24, 2.45) is 10.9 Å². The summed E-state index contributed by atoms with van der Waals surface area (Å²) in [6.45, 7) is 6.41. The van der Waals surface area contributed by atoms with Crippen LogP contribution >= 0.6 is 0 Å². The Kier molecular flexibility index (Phi) is 8.05. The van der Waals surface area contributed by atoms with Gasteiger partial charge < -0.3 is 0 Å². The first-order chi connectivity index (χ1) is 5.81. The van der Waals surface area contributed by atoms with Gasteiger partial charge in [-0.3, -0.25) is 0 Å². The minimum atomic E-state index is 0.724. The molecule has 0 aliphatic rings. The fourth-order valence-electron chi connectivity index (χ4n) is 1.08. The van der Waals surface area contributed by atoms with Crippen LogP contribution in [-0.4, -0.2) is 13.3 Å². The van der Waals surface area contributed by atoms with Gasteiger partial charge >= 0.3 is 0 Å². The molecule has 0 aromatic rings. The molecule has 12 heavy (non-hydrogen) atoms. The maximum absolute atomic E-state index is 5.57. The summed E-state index contributed by atoms with van der Waals surface area (Å²) in [5.74, 6) is 5.57. The van der Waals surface area contributed by atoms with Gasteiger partial charge in [-0.1, -0.05) is 26.2 Å². The first kappa shape index (κ1) is 11.4. The summed E-state index contributed by atoms with van der Waals surface area (Å²) in [5.41, 5.74) is 2.64. The topological polar surface area (TPSA) is 54.9 Å². The molecule has 0 aliphatic heterocycles. The van der Waals surface area contributed by atoms with Gasteiger partial charge in [0.25, 0.3) is 0 Å². The molecule has 0 fully saturated rings. The Labute approximate surface area is 74.7 Å². The molecule has 0 saturated heterocycles. The van der Waals surface area contributed by atoms with E-state index in [9.17, 15) is 0 Å². The van der Waals surface area contributed by atoms with Gasteiger partial charge in [-0.05, 0) is 6.42 Å². The maximum atomic E-state index is 5.57. The average Bonchev–Trinajstić information content (AvgIpc) is 2.05. The molecule has 0 amide bonds. The molecule has 4 N–H and O–H groups in total. The molecule has 0 heterocycles. The van der Waals surface area contributed by atoms with E-state index in [2.05, 4.69) is 24.3 Å². The highest BCUT2D eigenvalue weighted by Crippen LogP contribution is 1.99. The predicted molar refractivity (Wildman–Crippen MR) is 51.5 cm³/mol. The molecule has 0 radical (unpaired) electrons. The molecular formula is C8H21N4+. The molecule has 0 saturated carbocycles. The number of hydrogen-bond acceptors (Lipinski definition) is 3. The number of nitrogens with one attached hydrogen (secondary N) is 2. The lowest BCUT2D eigenvalue weighted by atomic mass is 10.1. The first-order valence-corrected chi connectivity index (χ1v) is 4.64. The fraction of sp³-hybridized carbons (Fsp3) is 0.875. The van der Waals surface area contributed by atoms with Crippen LogP contribution in [0.15, 0.2) is 5.10 Å². The van der Waals surface area contributed by atoms with Gasteiger partial charge in [0.1, 0.15) is 6.54 Å². The Balaban J connectivity index is 3.02. The minimum absolute atomic E-state index is 0.724. The van der Waals surface area contributed by atoms with Crippen LogP contribution in [-0.2, 0) is 0 Å². The zero-order valence-electron chi connectivity index (χ0n) is 7.97. The number of unbranched alkanes of at least 4 members (excludes halogenated alkanes) is 4. The van der Waals surface area contributed by atoms with E-state index in [-0.39, 0.29) is 0 Å². The van der Waals surface area contributed by atoms with Crippen molar-refractivity contribution >= 4 is 6.72 Å². The van der Waals surface area contributed by atoms with E-state index in [4.69, 9.17) is 5.84 Å². The van der Waals surface area contributed by atoms with Crippen LogP contribution in [0, 0.1) is 0 Å². The third-order valence-corrected chi connectivity index (χ3v) is 1.77. The Morgan fingerprint density at radius 2 is 2.00 bits per heavy atom. The Morgan fingerprint density at radius 3 is 2.58 bits per heavy atom. The van der Waals surface area contributed by atoms with Crippen molar-refractivity contribution in [2.75, 3.05) is 6.54 Å². The van der Waals surface area contributed by atoms with Crippen molar-refractivity contribution in [3.63, 3.8) is 0 Å². The lowest BCUT2D eigenvalue weighted by Gasteiger charge is -2.09. The van der Waals surface area contributed by atoms with Crippen molar-refractivity contribution in [3.8, 4) is 0 Å². The molecule has 0 bridgehead atoms. The van der Waals surface area contributed by atoms with Crippen LogP contribution in [0.1, 0.15) is 39.0 Å². The van der Waals surface area contributed by atoms with E-state index >= 15 is 0 Å². The van der Waals surface area contributed by atoms with E-state index in [0.29, 0.717) is 0 Å². The molecule has 72 valence electrons. The predicted octanol–water partition coefficient (Wildman–Crippen LogP) is -0.164. The van der Waals surface area contributed by atoms with Gasteiger partial charge in [0.2, 0.25) is 0 Å². The van der Waals surface area contributed by atoms with E-state index in [0.717, 1.165) is 18.1 Å². The van der Waals surface area contributed by atoms with Crippen LogP contribution < -0.4 is 16.5 Å². The summed E-state index contributed by atoms with van der Waals surface area (Å²) < 4.78 is 0. The second-order valence-corrected chi connectivity index (χ2v) is 2.96. The van der Waals surface area contributed by atoms with Gasteiger partial charge in [0.05, 0.1) is 0 Å². The fourth-order valence-corrected chi connectivity index (χ4v) is 1.08. The molecule has 0 spiro atoms. The second kappa shape index (κ2) is 8.49. The zero-order valence-corrected chi connectivity index (χ0v) is 7.97. The number of rotatable bonds is 8. The average molecular weight is 173 g/mol. The summed E-state index contributed by atoms with van der Waals surface area (Å²) in [4.78, 5) is 0. The van der Waals surface area contributed by atoms with Crippen molar-refractivity contribution in [2.45, 2.75) is 39.0 Å². The highest BCUT2D eigenvalue weighted by atomic mass is 15.8. The summed E-state index contributed by atoms with van der Waals surface area (Å²) in [6.07, 6.45) is 6.33. The number of hydrazone groups is 1. The SMILES string of the molecule is C=NN[NH+](N)CCCCCCC. The van der Waals surface area contributed by atoms with Crippen LogP contribution in [0.3, 0.4) is 0 Å². The quantitative estimate of drug-likeness (QED) is 0.207. The van der Waals surface area contributed by atoms with E-state index in [1.807, 2.05) is 0 Å². The summed E-state index contributed by atoms with van der Waals surface area (Å²) in [5, 5.41) is 4.21. The number of nitrogens with two attached hydrogens (primary N) is 1. The molecular weight excluding hydrogens is 152 g/mol. The Hall–Kier alpha value is -0.610. The lowest BCUT2D eigenvalue weighted by molar-refractivity contribution is -0.958. The van der Waals surface area contributed by atoms with E-state index in [1.54, 1.807) is 0 Å². The smallest absolute Gasteiger partial charge is 0.119 e. The van der Waals surface area contributed by atoms with Gasteiger partial charge in [-0.2, -0.15) is 5.84 Å². The molecule has 4 nitrogen and oxygen atoms in total. The van der Waals surface area contributed by atoms with Crippen LogP contribution in [0.5, 0.6) is 0 Å². The molecule has 0 aromatic heterocycles. The monoisotopic (exact) mass is 173 g/mol. The molecule has 1 atom stereocenters. The number of nitrogens with zero attached hydrogens (tertiary/aromatic N) is 1. The Bertz CT molecular complexity index is 105. The number of quaternary nitrogens is 1. The van der Waals surface area contributed by atoms with Crippen LogP contribution in [0.2, 0.25) is 0 Å². The van der Waals surface area contributed by atoms with Crippen LogP contribution in [0.4, 0.5) is 0 Å². The summed E-state index contributed by atoms with van der Waals surface area (Å²) in [6, 6.07) is 0. The first-order valence-electron chi connectivity index (χ1n) is 4.64. The molecule has 1 unspecified atom stereocenters. The van der Waals surface area contributed by atoms with E-state index < -0.39 is 0 Å². The molecule has 0 rings (SSSR count). The normalized spacial score (nSPS) is 12.5. The maximum Gasteiger partial charge on any atom is 0.119 e. The van der Waals surface area contributed by atoms with Gasteiger partial charge in [-0.25, -0.2) is 0 Å². The standard InChI is InChI=1S/C8H20N4/c1-3-4-5-6-7-8-12(9)11-10-2/h11H,2-9H2,1H3/p+1. The van der Waals surface area contributed by atoms with Crippen LogP contribution in [0.25, 0.3) is 0 Å². The largest absolute Gasteiger partial charge is 0.156 e. The lowest BCUT2D eigenvalue weighted by Crippen LogP contribution is -3.23. The number of hydrogen-bond donors (Lipinski definition) is 3. The van der Waals surface area contributed by atoms with Crippen molar-refractivity contribution < 1.29 is 5.12 Å². The molecule has 4 heteroatoms. The molecule has 0 aliphatic carbocycles. The second-order valence-electron chi connectivity index (χ2n) is 2.96. The van der Waals surface area contributed by atoms with Crippen molar-refractivity contribution in [1.29, 1.82) is 0 Å². The van der Waals surface area contributed by atoms with Crippen molar-refractivity contribution in [3.05, 3.63) is 0 Å². The van der Waals surface area contributed by atoms with Crippen molar-refractivity contribution in [1.82, 2.24) is 5.53 Å².